The van der Waals surface area contributed by atoms with Crippen LogP contribution < -0.4 is 5.48 Å². The van der Waals surface area contributed by atoms with E-state index in [1.54, 1.807) is 29.7 Å². The van der Waals surface area contributed by atoms with Crippen LogP contribution in [0.2, 0.25) is 0 Å². The molecule has 2 rings (SSSR count). The van der Waals surface area contributed by atoms with Crippen molar-refractivity contribution in [1.82, 2.24) is 5.48 Å². The van der Waals surface area contributed by atoms with Crippen molar-refractivity contribution in [2.24, 2.45) is 0 Å². The number of aryl methyl sites for hydroxylation is 1. The molecule has 0 spiro atoms. The SMILES string of the molecule is O=C(NO)c1ccc(CC[SH](=O)(P)c2ccccc2)cc1. The molecule has 0 saturated carbocycles. The quantitative estimate of drug-likeness (QED) is 0.342. The van der Waals surface area contributed by atoms with Gasteiger partial charge in [0.15, 0.2) is 0 Å². The second-order valence-electron chi connectivity index (χ2n) is 4.74. The molecule has 6 heteroatoms. The normalized spacial score (nSPS) is 11.9. The molecule has 0 heterocycles. The number of benzene rings is 2. The van der Waals surface area contributed by atoms with Crippen molar-refractivity contribution in [2.75, 3.05) is 5.75 Å². The largest absolute Gasteiger partial charge is 0.288 e. The number of amides is 1. The van der Waals surface area contributed by atoms with E-state index in [0.717, 1.165) is 10.5 Å². The molecule has 1 atom stereocenters. The Morgan fingerprint density at radius 1 is 1.10 bits per heavy atom. The topological polar surface area (TPSA) is 66.4 Å². The van der Waals surface area contributed by atoms with Crippen molar-refractivity contribution in [3.05, 3.63) is 65.7 Å². The second-order valence-corrected chi connectivity index (χ2v) is 9.80. The molecule has 0 radical (unpaired) electrons. The minimum absolute atomic E-state index is 0.387. The minimum Gasteiger partial charge on any atom is -0.288 e. The van der Waals surface area contributed by atoms with Crippen LogP contribution in [0.1, 0.15) is 15.9 Å². The summed E-state index contributed by atoms with van der Waals surface area (Å²) in [6.07, 6.45) is 0.663. The van der Waals surface area contributed by atoms with Crippen LogP contribution >= 0.6 is 8.44 Å². The van der Waals surface area contributed by atoms with Gasteiger partial charge in [0.2, 0.25) is 0 Å². The van der Waals surface area contributed by atoms with Gasteiger partial charge in [-0.1, -0.05) is 48.3 Å². The van der Waals surface area contributed by atoms with Crippen LogP contribution in [0.4, 0.5) is 0 Å². The van der Waals surface area contributed by atoms with E-state index in [-0.39, 0.29) is 0 Å². The predicted octanol–water partition coefficient (Wildman–Crippen LogP) is 2.21. The summed E-state index contributed by atoms with van der Waals surface area (Å²) >= 11 is 0. The van der Waals surface area contributed by atoms with Crippen molar-refractivity contribution in [3.8, 4) is 0 Å². The third-order valence-corrected chi connectivity index (χ3v) is 6.97. The highest BCUT2D eigenvalue weighted by Crippen LogP contribution is 2.27. The van der Waals surface area contributed by atoms with E-state index < -0.39 is 15.5 Å². The van der Waals surface area contributed by atoms with Gasteiger partial charge < -0.3 is 0 Å². The first-order valence-electron chi connectivity index (χ1n) is 6.49. The number of rotatable bonds is 5. The molecule has 0 aliphatic heterocycles. The summed E-state index contributed by atoms with van der Waals surface area (Å²) in [5, 5.41) is 8.55. The summed E-state index contributed by atoms with van der Waals surface area (Å²) in [5.41, 5.74) is 2.98. The van der Waals surface area contributed by atoms with Crippen LogP contribution in [0.25, 0.3) is 0 Å². The lowest BCUT2D eigenvalue weighted by molar-refractivity contribution is 0.0706. The Labute approximate surface area is 126 Å². The number of hydrogen-bond donors (Lipinski definition) is 3. The standard InChI is InChI=1S/C15H18NO3PS/c17-15(16-18)13-8-6-12(7-9-13)10-11-21(19,20)14-4-2-1-3-5-14/h1-9,18,21H,10-11,20H2,(H,16,17). The monoisotopic (exact) mass is 323 g/mol. The summed E-state index contributed by atoms with van der Waals surface area (Å²) in [7, 11) is 0.0422. The number of carbonyl (C=O) groups is 1. The van der Waals surface area contributed by atoms with E-state index in [0.29, 0.717) is 17.7 Å². The van der Waals surface area contributed by atoms with Crippen molar-refractivity contribution < 1.29 is 14.2 Å². The Kier molecular flexibility index (Phi) is 5.23. The van der Waals surface area contributed by atoms with Crippen LogP contribution in [0.5, 0.6) is 0 Å². The zero-order valence-electron chi connectivity index (χ0n) is 11.4. The lowest BCUT2D eigenvalue weighted by Gasteiger charge is -2.18. The highest BCUT2D eigenvalue weighted by Gasteiger charge is 2.12. The maximum Gasteiger partial charge on any atom is 0.274 e. The first kappa shape index (κ1) is 15.8. The molecular formula is C15H18NO3PS. The smallest absolute Gasteiger partial charge is 0.274 e. The maximum atomic E-state index is 12.7. The zero-order valence-corrected chi connectivity index (χ0v) is 13.4. The van der Waals surface area contributed by atoms with Gasteiger partial charge in [0, 0.05) is 16.2 Å². The molecule has 0 aliphatic rings. The van der Waals surface area contributed by atoms with E-state index >= 15 is 0 Å². The average Bonchev–Trinajstić information content (AvgIpc) is 2.53. The van der Waals surface area contributed by atoms with Crippen LogP contribution in [-0.2, 0) is 16.0 Å². The Bertz CT molecular complexity index is 658. The van der Waals surface area contributed by atoms with E-state index in [4.69, 9.17) is 5.21 Å². The molecule has 4 nitrogen and oxygen atoms in total. The van der Waals surface area contributed by atoms with Gasteiger partial charge in [0.1, 0.15) is 0 Å². The molecule has 112 valence electrons. The first-order chi connectivity index (χ1) is 10.0. The Hall–Kier alpha value is -1.55. The summed E-state index contributed by atoms with van der Waals surface area (Å²) in [5.74, 6) is 0.00953. The van der Waals surface area contributed by atoms with Gasteiger partial charge in [0.05, 0.1) is 0 Å². The molecule has 1 amide bonds. The Balaban J connectivity index is 2.03. The van der Waals surface area contributed by atoms with E-state index in [9.17, 15) is 9.00 Å². The molecule has 0 saturated heterocycles. The maximum absolute atomic E-state index is 12.7. The molecule has 0 aromatic heterocycles. The third-order valence-electron chi connectivity index (χ3n) is 3.24. The van der Waals surface area contributed by atoms with Crippen LogP contribution in [0.3, 0.4) is 0 Å². The summed E-state index contributed by atoms with van der Waals surface area (Å²) in [6.45, 7) is 0. The molecule has 21 heavy (non-hydrogen) atoms. The summed E-state index contributed by atoms with van der Waals surface area (Å²) in [6, 6.07) is 16.3. The molecule has 0 aliphatic carbocycles. The molecule has 0 fully saturated rings. The van der Waals surface area contributed by atoms with Crippen molar-refractivity contribution >= 4 is 23.9 Å². The lowest BCUT2D eigenvalue weighted by atomic mass is 10.1. The Morgan fingerprint density at radius 2 is 1.71 bits per heavy atom. The number of hydroxylamine groups is 1. The minimum atomic E-state index is -2.45. The first-order valence-corrected chi connectivity index (χ1v) is 10.0. The molecule has 2 aromatic rings. The van der Waals surface area contributed by atoms with Gasteiger partial charge in [0.25, 0.3) is 5.91 Å². The molecule has 2 aromatic carbocycles. The fourth-order valence-corrected chi connectivity index (χ4v) is 4.42. The molecule has 2 N–H and O–H groups in total. The number of hydrogen-bond acceptors (Lipinski definition) is 3. The van der Waals surface area contributed by atoms with Gasteiger partial charge in [-0.05, 0) is 36.2 Å². The van der Waals surface area contributed by atoms with E-state index in [1.807, 2.05) is 30.3 Å². The third kappa shape index (κ3) is 4.21. The summed E-state index contributed by atoms with van der Waals surface area (Å²) in [4.78, 5) is 12.1. The zero-order chi connectivity index (χ0) is 15.3. The number of thiol groups is 1. The molecule has 1 unspecified atom stereocenters. The van der Waals surface area contributed by atoms with E-state index in [2.05, 4.69) is 8.44 Å². The van der Waals surface area contributed by atoms with Crippen LogP contribution in [0.15, 0.2) is 59.5 Å². The van der Waals surface area contributed by atoms with Crippen molar-refractivity contribution in [1.29, 1.82) is 0 Å². The van der Waals surface area contributed by atoms with Gasteiger partial charge in [-0.15, -0.1) is 0 Å². The highest BCUT2D eigenvalue weighted by molar-refractivity contribution is 8.45. The average molecular weight is 323 g/mol. The molecular weight excluding hydrogens is 305 g/mol. The fourth-order valence-electron chi connectivity index (χ4n) is 1.99. The van der Waals surface area contributed by atoms with Gasteiger partial charge in [-0.2, -0.15) is 0 Å². The van der Waals surface area contributed by atoms with Crippen LogP contribution in [-0.4, -0.2) is 21.1 Å². The van der Waals surface area contributed by atoms with Gasteiger partial charge in [-0.3, -0.25) is 14.2 Å². The number of carbonyl (C=O) groups excluding carboxylic acids is 1. The van der Waals surface area contributed by atoms with Crippen molar-refractivity contribution in [3.63, 3.8) is 0 Å². The Morgan fingerprint density at radius 3 is 2.29 bits per heavy atom. The van der Waals surface area contributed by atoms with Gasteiger partial charge >= 0.3 is 0 Å². The lowest BCUT2D eigenvalue weighted by Crippen LogP contribution is -2.18. The van der Waals surface area contributed by atoms with Crippen LogP contribution in [0, 0.1) is 0 Å². The number of nitrogens with one attached hydrogen (secondary N) is 1. The predicted molar refractivity (Wildman–Crippen MR) is 88.2 cm³/mol. The van der Waals surface area contributed by atoms with E-state index in [1.165, 1.54) is 0 Å². The fraction of sp³-hybridized carbons (Fsp3) is 0.133. The van der Waals surface area contributed by atoms with Crippen molar-refractivity contribution in [2.45, 2.75) is 11.3 Å². The summed E-state index contributed by atoms with van der Waals surface area (Å²) < 4.78 is 12.7. The second kappa shape index (κ2) is 6.94. The highest BCUT2D eigenvalue weighted by atomic mass is 32.8. The molecule has 0 bridgehead atoms. The van der Waals surface area contributed by atoms with Gasteiger partial charge in [-0.25, -0.2) is 5.48 Å².